The maximum atomic E-state index is 12.5. The van der Waals surface area contributed by atoms with Gasteiger partial charge in [-0.3, -0.25) is 9.29 Å². The normalized spacial score (nSPS) is 35.7. The number of nitrogens with one attached hydrogen (secondary N) is 1. The van der Waals surface area contributed by atoms with Crippen LogP contribution in [0.4, 0.5) is 4.39 Å². The molecule has 2 nitrogen and oxygen atoms in total. The molecule has 18 heavy (non-hydrogen) atoms. The van der Waals surface area contributed by atoms with Crippen molar-refractivity contribution in [3.05, 3.63) is 0 Å². The smallest absolute Gasteiger partial charge is 0.0906 e. The highest BCUT2D eigenvalue weighted by molar-refractivity contribution is 5.04. The van der Waals surface area contributed by atoms with Gasteiger partial charge in [-0.1, -0.05) is 20.3 Å². The second-order valence-electron chi connectivity index (χ2n) is 6.54. The van der Waals surface area contributed by atoms with Crippen molar-refractivity contribution in [2.45, 2.75) is 58.0 Å². The fourth-order valence-electron chi connectivity index (χ4n) is 3.40. The highest BCUT2D eigenvalue weighted by Gasteiger charge is 2.46. The van der Waals surface area contributed by atoms with Crippen molar-refractivity contribution in [3.63, 3.8) is 0 Å². The number of hydrogen-bond acceptors (Lipinski definition) is 2. The second kappa shape index (κ2) is 5.87. The van der Waals surface area contributed by atoms with E-state index in [-0.39, 0.29) is 12.2 Å². The van der Waals surface area contributed by atoms with E-state index in [4.69, 9.17) is 0 Å². The van der Waals surface area contributed by atoms with Crippen LogP contribution in [0, 0.1) is 11.8 Å². The first-order valence-electron chi connectivity index (χ1n) is 7.65. The number of piperazine rings is 1. The van der Waals surface area contributed by atoms with E-state index in [2.05, 4.69) is 31.0 Å². The van der Waals surface area contributed by atoms with Crippen molar-refractivity contribution in [2.24, 2.45) is 11.8 Å². The highest BCUT2D eigenvalue weighted by atomic mass is 19.1. The average molecular weight is 256 g/mol. The molecule has 1 saturated carbocycles. The summed E-state index contributed by atoms with van der Waals surface area (Å²) in [5.74, 6) is 1.55. The minimum Gasteiger partial charge on any atom is -0.308 e. The first-order chi connectivity index (χ1) is 8.60. The van der Waals surface area contributed by atoms with Gasteiger partial charge >= 0.3 is 0 Å². The molecule has 3 heteroatoms. The van der Waals surface area contributed by atoms with Crippen LogP contribution in [0.1, 0.15) is 46.5 Å². The van der Waals surface area contributed by atoms with Crippen LogP contribution >= 0.6 is 0 Å². The number of rotatable bonds is 6. The lowest BCUT2D eigenvalue weighted by Gasteiger charge is -2.48. The summed E-state index contributed by atoms with van der Waals surface area (Å²) in [7, 11) is 0. The topological polar surface area (TPSA) is 15.3 Å². The predicted molar refractivity (Wildman–Crippen MR) is 74.5 cm³/mol. The third kappa shape index (κ3) is 3.05. The van der Waals surface area contributed by atoms with E-state index in [1.807, 2.05) is 0 Å². The zero-order valence-electron chi connectivity index (χ0n) is 12.2. The fourth-order valence-corrected chi connectivity index (χ4v) is 3.40. The lowest BCUT2D eigenvalue weighted by Crippen LogP contribution is -2.65. The third-order valence-electron chi connectivity index (χ3n) is 5.07. The quantitative estimate of drug-likeness (QED) is 0.786. The Hall–Kier alpha value is -0.150. The molecule has 3 unspecified atom stereocenters. The minimum absolute atomic E-state index is 0.183. The van der Waals surface area contributed by atoms with E-state index in [0.29, 0.717) is 18.4 Å². The Morgan fingerprint density at radius 1 is 1.44 bits per heavy atom. The van der Waals surface area contributed by atoms with Crippen LogP contribution in [0.25, 0.3) is 0 Å². The molecule has 1 saturated heterocycles. The summed E-state index contributed by atoms with van der Waals surface area (Å²) in [6, 6.07) is 0.591. The zero-order valence-corrected chi connectivity index (χ0v) is 12.2. The van der Waals surface area contributed by atoms with Gasteiger partial charge in [0.15, 0.2) is 0 Å². The highest BCUT2D eigenvalue weighted by Crippen LogP contribution is 2.41. The predicted octanol–water partition coefficient (Wildman–Crippen LogP) is 2.83. The van der Waals surface area contributed by atoms with Gasteiger partial charge in [-0.2, -0.15) is 0 Å². The Morgan fingerprint density at radius 2 is 2.17 bits per heavy atom. The van der Waals surface area contributed by atoms with Gasteiger partial charge in [0.05, 0.1) is 6.67 Å². The van der Waals surface area contributed by atoms with Crippen molar-refractivity contribution in [1.29, 1.82) is 0 Å². The van der Waals surface area contributed by atoms with Gasteiger partial charge < -0.3 is 5.32 Å². The molecule has 1 N–H and O–H groups in total. The summed E-state index contributed by atoms with van der Waals surface area (Å²) in [5, 5.41) is 3.79. The first-order valence-corrected chi connectivity index (χ1v) is 7.65. The molecule has 0 aromatic carbocycles. The van der Waals surface area contributed by atoms with Gasteiger partial charge in [0.2, 0.25) is 0 Å². The van der Waals surface area contributed by atoms with Gasteiger partial charge in [0.25, 0.3) is 0 Å². The number of alkyl halides is 1. The van der Waals surface area contributed by atoms with Crippen LogP contribution in [0.3, 0.4) is 0 Å². The Labute approximate surface area is 111 Å². The van der Waals surface area contributed by atoms with E-state index in [1.54, 1.807) is 0 Å². The summed E-state index contributed by atoms with van der Waals surface area (Å²) in [5.41, 5.74) is 0.278. The second-order valence-corrected chi connectivity index (χ2v) is 6.54. The first kappa shape index (κ1) is 14.3. The molecule has 2 fully saturated rings. The molecular weight excluding hydrogens is 227 g/mol. The van der Waals surface area contributed by atoms with E-state index in [1.165, 1.54) is 19.3 Å². The Morgan fingerprint density at radius 3 is 2.72 bits per heavy atom. The Bertz CT molecular complexity index is 267. The maximum absolute atomic E-state index is 12.5. The van der Waals surface area contributed by atoms with Crippen LogP contribution in [-0.4, -0.2) is 42.8 Å². The SMILES string of the molecule is CCC(C)C1CNC(C)(C2CC2)CN1CCCF. The summed E-state index contributed by atoms with van der Waals surface area (Å²) < 4.78 is 12.5. The van der Waals surface area contributed by atoms with Crippen LogP contribution < -0.4 is 5.32 Å². The maximum Gasteiger partial charge on any atom is 0.0906 e. The molecule has 0 aromatic rings. The van der Waals surface area contributed by atoms with Crippen molar-refractivity contribution in [1.82, 2.24) is 10.2 Å². The van der Waals surface area contributed by atoms with Gasteiger partial charge in [0, 0.05) is 31.2 Å². The Kier molecular flexibility index (Phi) is 4.65. The van der Waals surface area contributed by atoms with Gasteiger partial charge in [-0.25, -0.2) is 0 Å². The summed E-state index contributed by atoms with van der Waals surface area (Å²) in [6.45, 7) is 9.87. The van der Waals surface area contributed by atoms with Crippen molar-refractivity contribution < 1.29 is 4.39 Å². The lowest BCUT2D eigenvalue weighted by molar-refractivity contribution is 0.0453. The fraction of sp³-hybridized carbons (Fsp3) is 1.00. The van der Waals surface area contributed by atoms with Gasteiger partial charge in [0.1, 0.15) is 0 Å². The molecule has 0 spiro atoms. The van der Waals surface area contributed by atoms with Gasteiger partial charge in [-0.15, -0.1) is 0 Å². The molecule has 0 amide bonds. The molecule has 1 aliphatic heterocycles. The summed E-state index contributed by atoms with van der Waals surface area (Å²) in [6.07, 6.45) is 4.63. The average Bonchev–Trinajstić information content (AvgIpc) is 3.20. The minimum atomic E-state index is -0.183. The van der Waals surface area contributed by atoms with E-state index < -0.39 is 0 Å². The van der Waals surface area contributed by atoms with Crippen molar-refractivity contribution >= 4 is 0 Å². The van der Waals surface area contributed by atoms with Crippen LogP contribution in [-0.2, 0) is 0 Å². The van der Waals surface area contributed by atoms with Gasteiger partial charge in [-0.05, 0) is 38.0 Å². The van der Waals surface area contributed by atoms with Crippen molar-refractivity contribution in [2.75, 3.05) is 26.3 Å². The van der Waals surface area contributed by atoms with Crippen LogP contribution in [0.5, 0.6) is 0 Å². The molecule has 1 heterocycles. The Balaban J connectivity index is 1.99. The molecule has 106 valence electrons. The summed E-state index contributed by atoms with van der Waals surface area (Å²) >= 11 is 0. The number of hydrogen-bond donors (Lipinski definition) is 1. The largest absolute Gasteiger partial charge is 0.308 e. The number of halogens is 1. The lowest BCUT2D eigenvalue weighted by atomic mass is 9.87. The van der Waals surface area contributed by atoms with Crippen LogP contribution in [0.15, 0.2) is 0 Å². The monoisotopic (exact) mass is 256 g/mol. The zero-order chi connectivity index (χ0) is 13.2. The number of nitrogens with zero attached hydrogens (tertiary/aromatic N) is 1. The van der Waals surface area contributed by atoms with E-state index >= 15 is 0 Å². The molecule has 0 aromatic heterocycles. The molecule has 2 aliphatic rings. The molecule has 2 rings (SSSR count). The standard InChI is InChI=1S/C15H29FN2/c1-4-12(2)14-10-17-15(3,13-6-7-13)11-18(14)9-5-8-16/h12-14,17H,4-11H2,1-3H3. The van der Waals surface area contributed by atoms with Crippen molar-refractivity contribution in [3.8, 4) is 0 Å². The molecule has 1 aliphatic carbocycles. The van der Waals surface area contributed by atoms with Crippen LogP contribution in [0.2, 0.25) is 0 Å². The van der Waals surface area contributed by atoms with E-state index in [9.17, 15) is 4.39 Å². The third-order valence-corrected chi connectivity index (χ3v) is 5.07. The van der Waals surface area contributed by atoms with E-state index in [0.717, 1.165) is 25.6 Å². The molecular formula is C15H29FN2. The summed E-state index contributed by atoms with van der Waals surface area (Å²) in [4.78, 5) is 2.56. The molecule has 0 radical (unpaired) electrons. The molecule has 0 bridgehead atoms. The molecule has 3 atom stereocenters.